The molecule has 0 bridgehead atoms. The minimum atomic E-state index is 0.673. The summed E-state index contributed by atoms with van der Waals surface area (Å²) >= 11 is 1.76. The number of anilines is 1. The first-order valence-corrected chi connectivity index (χ1v) is 7.02. The molecule has 0 atom stereocenters. The van der Waals surface area contributed by atoms with E-state index in [1.807, 2.05) is 6.20 Å². The van der Waals surface area contributed by atoms with Gasteiger partial charge >= 0.3 is 0 Å². The summed E-state index contributed by atoms with van der Waals surface area (Å²) in [6, 6.07) is 4.22. The first kappa shape index (κ1) is 12.3. The average molecular weight is 249 g/mol. The van der Waals surface area contributed by atoms with E-state index in [1.165, 1.54) is 22.9 Å². The third-order valence-electron chi connectivity index (χ3n) is 2.84. The molecule has 0 aliphatic carbocycles. The van der Waals surface area contributed by atoms with Gasteiger partial charge in [-0.15, -0.1) is 11.3 Å². The van der Waals surface area contributed by atoms with Gasteiger partial charge in [0.05, 0.1) is 0 Å². The predicted molar refractivity (Wildman–Crippen MR) is 75.8 cm³/mol. The molecule has 0 unspecified atom stereocenters. The Hall–Kier alpha value is -1.13. The van der Waals surface area contributed by atoms with Crippen molar-refractivity contribution in [1.82, 2.24) is 4.98 Å². The molecule has 3 nitrogen and oxygen atoms in total. The lowest BCUT2D eigenvalue weighted by Crippen LogP contribution is -2.31. The van der Waals surface area contributed by atoms with E-state index in [0.29, 0.717) is 6.54 Å². The number of pyridine rings is 1. The van der Waals surface area contributed by atoms with Crippen LogP contribution in [0.3, 0.4) is 0 Å². The smallest absolute Gasteiger partial charge is 0.137 e. The van der Waals surface area contributed by atoms with E-state index in [-0.39, 0.29) is 0 Å². The van der Waals surface area contributed by atoms with Gasteiger partial charge in [-0.1, -0.05) is 13.3 Å². The molecule has 0 aliphatic rings. The van der Waals surface area contributed by atoms with Crippen LogP contribution in [0, 0.1) is 0 Å². The van der Waals surface area contributed by atoms with E-state index < -0.39 is 0 Å². The van der Waals surface area contributed by atoms with Crippen LogP contribution in [0.1, 0.15) is 19.8 Å². The summed E-state index contributed by atoms with van der Waals surface area (Å²) in [5, 5.41) is 3.37. The fraction of sp³-hybridized carbons (Fsp3) is 0.462. The van der Waals surface area contributed by atoms with E-state index >= 15 is 0 Å². The first-order chi connectivity index (χ1) is 8.36. The Labute approximate surface area is 106 Å². The number of fused-ring (bicyclic) bond motifs is 1. The summed E-state index contributed by atoms with van der Waals surface area (Å²) in [5.74, 6) is 1.09. The maximum absolute atomic E-state index is 5.69. The van der Waals surface area contributed by atoms with Crippen LogP contribution < -0.4 is 10.6 Å². The highest BCUT2D eigenvalue weighted by Gasteiger charge is 2.10. The second-order valence-electron chi connectivity index (χ2n) is 4.10. The quantitative estimate of drug-likeness (QED) is 0.856. The lowest BCUT2D eigenvalue weighted by molar-refractivity contribution is 0.710. The number of aromatic nitrogens is 1. The highest BCUT2D eigenvalue weighted by atomic mass is 32.1. The van der Waals surface area contributed by atoms with Crippen molar-refractivity contribution in [1.29, 1.82) is 0 Å². The SMILES string of the molecule is CCCCN(CCN)c1nccc2sccc12. The number of hydrogen-bond donors (Lipinski definition) is 1. The summed E-state index contributed by atoms with van der Waals surface area (Å²) in [6.45, 7) is 4.79. The molecule has 17 heavy (non-hydrogen) atoms. The van der Waals surface area contributed by atoms with Crippen molar-refractivity contribution in [3.8, 4) is 0 Å². The molecule has 0 saturated carbocycles. The Kier molecular flexibility index (Phi) is 4.34. The van der Waals surface area contributed by atoms with Crippen LogP contribution in [-0.2, 0) is 0 Å². The van der Waals surface area contributed by atoms with Crippen molar-refractivity contribution >= 4 is 27.2 Å². The van der Waals surface area contributed by atoms with Crippen LogP contribution in [-0.4, -0.2) is 24.6 Å². The van der Waals surface area contributed by atoms with Gasteiger partial charge < -0.3 is 10.6 Å². The van der Waals surface area contributed by atoms with Crippen molar-refractivity contribution in [2.75, 3.05) is 24.5 Å². The molecule has 0 saturated heterocycles. The van der Waals surface area contributed by atoms with Crippen LogP contribution in [0.5, 0.6) is 0 Å². The average Bonchev–Trinajstić information content (AvgIpc) is 2.82. The van der Waals surface area contributed by atoms with Crippen LogP contribution in [0.15, 0.2) is 23.7 Å². The Morgan fingerprint density at radius 1 is 1.35 bits per heavy atom. The van der Waals surface area contributed by atoms with Crippen molar-refractivity contribution in [2.24, 2.45) is 5.73 Å². The molecule has 2 heterocycles. The third-order valence-corrected chi connectivity index (χ3v) is 3.72. The molecular formula is C13H19N3S. The third kappa shape index (κ3) is 2.76. The number of nitrogens with two attached hydrogens (primary N) is 1. The zero-order valence-corrected chi connectivity index (χ0v) is 11.0. The molecule has 0 aromatic carbocycles. The highest BCUT2D eigenvalue weighted by Crippen LogP contribution is 2.28. The number of rotatable bonds is 6. The molecular weight excluding hydrogens is 230 g/mol. The number of thiophene rings is 1. The molecule has 0 amide bonds. The Morgan fingerprint density at radius 2 is 2.24 bits per heavy atom. The van der Waals surface area contributed by atoms with Gasteiger partial charge in [-0.05, 0) is 23.9 Å². The van der Waals surface area contributed by atoms with Gasteiger partial charge in [-0.3, -0.25) is 0 Å². The van der Waals surface area contributed by atoms with Gasteiger partial charge in [-0.25, -0.2) is 4.98 Å². The first-order valence-electron chi connectivity index (χ1n) is 6.14. The van der Waals surface area contributed by atoms with Gasteiger partial charge in [0.25, 0.3) is 0 Å². The molecule has 2 rings (SSSR count). The number of unbranched alkanes of at least 4 members (excludes halogenated alkanes) is 1. The maximum Gasteiger partial charge on any atom is 0.137 e. The van der Waals surface area contributed by atoms with Crippen molar-refractivity contribution in [3.05, 3.63) is 23.7 Å². The summed E-state index contributed by atoms with van der Waals surface area (Å²) in [7, 11) is 0. The Morgan fingerprint density at radius 3 is 3.00 bits per heavy atom. The molecule has 0 aliphatic heterocycles. The van der Waals surface area contributed by atoms with E-state index in [4.69, 9.17) is 5.73 Å². The topological polar surface area (TPSA) is 42.1 Å². The summed E-state index contributed by atoms with van der Waals surface area (Å²) in [5.41, 5.74) is 5.69. The van der Waals surface area contributed by atoms with Crippen molar-refractivity contribution in [2.45, 2.75) is 19.8 Å². The second kappa shape index (κ2) is 5.98. The van der Waals surface area contributed by atoms with Crippen molar-refractivity contribution in [3.63, 3.8) is 0 Å². The molecule has 92 valence electrons. The van der Waals surface area contributed by atoms with Crippen LogP contribution >= 0.6 is 11.3 Å². The Bertz CT molecular complexity index is 466. The standard InChI is InChI=1S/C13H19N3S/c1-2-3-8-16(9-6-14)13-11-5-10-17-12(11)4-7-15-13/h4-5,7,10H,2-3,6,8-9,14H2,1H3. The van der Waals surface area contributed by atoms with E-state index in [9.17, 15) is 0 Å². The zero-order valence-electron chi connectivity index (χ0n) is 10.2. The van der Waals surface area contributed by atoms with Crippen molar-refractivity contribution < 1.29 is 0 Å². The van der Waals surface area contributed by atoms with E-state index in [0.717, 1.165) is 18.9 Å². The monoisotopic (exact) mass is 249 g/mol. The molecule has 0 spiro atoms. The maximum atomic E-state index is 5.69. The molecule has 2 aromatic heterocycles. The second-order valence-corrected chi connectivity index (χ2v) is 5.04. The predicted octanol–water partition coefficient (Wildman–Crippen LogP) is 2.86. The fourth-order valence-electron chi connectivity index (χ4n) is 1.96. The lowest BCUT2D eigenvalue weighted by atomic mass is 10.2. The van der Waals surface area contributed by atoms with Gasteiger partial charge in [0.15, 0.2) is 0 Å². The fourth-order valence-corrected chi connectivity index (χ4v) is 2.74. The van der Waals surface area contributed by atoms with E-state index in [2.05, 4.69) is 34.3 Å². The van der Waals surface area contributed by atoms with Gasteiger partial charge in [0, 0.05) is 35.9 Å². The normalized spacial score (nSPS) is 10.9. The minimum absolute atomic E-state index is 0.673. The van der Waals surface area contributed by atoms with Gasteiger partial charge in [-0.2, -0.15) is 0 Å². The highest BCUT2D eigenvalue weighted by molar-refractivity contribution is 7.17. The van der Waals surface area contributed by atoms with E-state index in [1.54, 1.807) is 11.3 Å². The lowest BCUT2D eigenvalue weighted by Gasteiger charge is -2.23. The summed E-state index contributed by atoms with van der Waals surface area (Å²) in [4.78, 5) is 6.83. The Balaban J connectivity index is 2.30. The van der Waals surface area contributed by atoms with Gasteiger partial charge in [0.2, 0.25) is 0 Å². The number of hydrogen-bond acceptors (Lipinski definition) is 4. The molecule has 2 aromatic rings. The number of nitrogens with zero attached hydrogens (tertiary/aromatic N) is 2. The summed E-state index contributed by atoms with van der Waals surface area (Å²) < 4.78 is 1.30. The molecule has 0 fully saturated rings. The zero-order chi connectivity index (χ0) is 12.1. The molecule has 4 heteroatoms. The largest absolute Gasteiger partial charge is 0.355 e. The van der Waals surface area contributed by atoms with Crippen LogP contribution in [0.4, 0.5) is 5.82 Å². The van der Waals surface area contributed by atoms with Gasteiger partial charge in [0.1, 0.15) is 5.82 Å². The molecule has 2 N–H and O–H groups in total. The minimum Gasteiger partial charge on any atom is -0.355 e. The summed E-state index contributed by atoms with van der Waals surface area (Å²) in [6.07, 6.45) is 4.27. The van der Waals surface area contributed by atoms with Crippen LogP contribution in [0.2, 0.25) is 0 Å². The molecule has 0 radical (unpaired) electrons. The van der Waals surface area contributed by atoms with Crippen LogP contribution in [0.25, 0.3) is 10.1 Å².